The van der Waals surface area contributed by atoms with Gasteiger partial charge in [0.05, 0.1) is 13.2 Å². The van der Waals surface area contributed by atoms with E-state index in [1.54, 1.807) is 7.11 Å². The van der Waals surface area contributed by atoms with E-state index >= 15 is 0 Å². The maximum absolute atomic E-state index is 5.75. The first-order chi connectivity index (χ1) is 9.70. The fraction of sp³-hybridized carbons (Fsp3) is 0.250. The molecule has 0 atom stereocenters. The van der Waals surface area contributed by atoms with Crippen LogP contribution in [0.5, 0.6) is 0 Å². The van der Waals surface area contributed by atoms with E-state index in [0.717, 1.165) is 14.1 Å². The van der Waals surface area contributed by atoms with Gasteiger partial charge in [0, 0.05) is 16.2 Å². The quantitative estimate of drug-likeness (QED) is 0.324. The highest BCUT2D eigenvalue weighted by Gasteiger charge is 2.09. The van der Waals surface area contributed by atoms with Gasteiger partial charge < -0.3 is 15.8 Å². The van der Waals surface area contributed by atoms with Crippen molar-refractivity contribution in [2.75, 3.05) is 25.6 Å². The lowest BCUT2D eigenvalue weighted by Gasteiger charge is -2.00. The number of anilines is 1. The molecule has 1 aromatic heterocycles. The number of nitrogens with one attached hydrogen (secondary N) is 1. The molecule has 6 nitrogen and oxygen atoms in total. The van der Waals surface area contributed by atoms with Gasteiger partial charge in [0.1, 0.15) is 0 Å². The molecular formula is C12H15ClIN5OS. The average Bonchev–Trinajstić information content (AvgIpc) is 2.88. The van der Waals surface area contributed by atoms with Gasteiger partial charge >= 0.3 is 0 Å². The summed E-state index contributed by atoms with van der Waals surface area (Å²) in [5.74, 6) is 0.313. The summed E-state index contributed by atoms with van der Waals surface area (Å²) in [6.45, 7) is 1.05. The highest BCUT2D eigenvalue weighted by atomic mass is 127. The van der Waals surface area contributed by atoms with Crippen LogP contribution in [-0.2, 0) is 4.74 Å². The first-order valence-electron chi connectivity index (χ1n) is 5.85. The number of aromatic nitrogens is 2. The molecule has 0 aliphatic rings. The number of nitrogens with zero attached hydrogens (tertiary/aromatic N) is 3. The molecule has 2 aromatic rings. The highest BCUT2D eigenvalue weighted by Crippen LogP contribution is 2.29. The molecule has 9 heteroatoms. The van der Waals surface area contributed by atoms with Crippen LogP contribution >= 0.6 is 46.3 Å². The molecule has 21 heavy (non-hydrogen) atoms. The number of aliphatic imine (C=N–C) groups is 1. The third kappa shape index (κ3) is 5.38. The van der Waals surface area contributed by atoms with E-state index in [9.17, 15) is 0 Å². The molecule has 2 rings (SSSR count). The monoisotopic (exact) mass is 439 g/mol. The smallest absolute Gasteiger partial charge is 0.212 e. The van der Waals surface area contributed by atoms with Crippen molar-refractivity contribution in [3.05, 3.63) is 27.8 Å². The van der Waals surface area contributed by atoms with E-state index in [1.807, 2.05) is 24.3 Å². The van der Waals surface area contributed by atoms with Crippen molar-refractivity contribution < 1.29 is 4.74 Å². The van der Waals surface area contributed by atoms with Crippen LogP contribution in [0.1, 0.15) is 0 Å². The summed E-state index contributed by atoms with van der Waals surface area (Å²) in [4.78, 5) is 4.10. The van der Waals surface area contributed by atoms with Gasteiger partial charge in [-0.2, -0.15) is 0 Å². The van der Waals surface area contributed by atoms with Crippen LogP contribution in [0.3, 0.4) is 0 Å². The Balaban J connectivity index is 0.00000220. The van der Waals surface area contributed by atoms with Crippen LogP contribution in [0.2, 0.25) is 0 Å². The second kappa shape index (κ2) is 9.13. The van der Waals surface area contributed by atoms with Crippen LogP contribution < -0.4 is 11.1 Å². The third-order valence-electron chi connectivity index (χ3n) is 2.34. The lowest BCUT2D eigenvalue weighted by molar-refractivity contribution is 0.208. The molecule has 0 bridgehead atoms. The molecule has 114 valence electrons. The van der Waals surface area contributed by atoms with Crippen LogP contribution in [0.15, 0.2) is 29.3 Å². The fourth-order valence-corrected chi connectivity index (χ4v) is 3.04. The van der Waals surface area contributed by atoms with Gasteiger partial charge in [-0.25, -0.2) is 0 Å². The molecule has 0 amide bonds. The number of methoxy groups -OCH3 is 1. The zero-order valence-corrected chi connectivity index (χ0v) is 15.0. The molecule has 1 aromatic carbocycles. The SMILES string of the molecule is COCCN=C(N)Nc1nnc(-c2ccccc2I)s1.Cl. The Hall–Kier alpha value is -0.970. The number of nitrogens with two attached hydrogens (primary N) is 1. The molecule has 1 heterocycles. The molecule has 0 aliphatic heterocycles. The summed E-state index contributed by atoms with van der Waals surface area (Å²) in [5.41, 5.74) is 6.81. The largest absolute Gasteiger partial charge is 0.383 e. The second-order valence-electron chi connectivity index (χ2n) is 3.78. The van der Waals surface area contributed by atoms with E-state index in [0.29, 0.717) is 24.2 Å². The molecule has 0 saturated carbocycles. The van der Waals surface area contributed by atoms with Crippen LogP contribution in [0.4, 0.5) is 5.13 Å². The summed E-state index contributed by atoms with van der Waals surface area (Å²) in [6.07, 6.45) is 0. The second-order valence-corrected chi connectivity index (χ2v) is 5.92. The topological polar surface area (TPSA) is 85.4 Å². The molecule has 0 radical (unpaired) electrons. The maximum Gasteiger partial charge on any atom is 0.212 e. The summed E-state index contributed by atoms with van der Waals surface area (Å²) < 4.78 is 6.03. The Kier molecular flexibility index (Phi) is 7.86. The van der Waals surface area contributed by atoms with Crippen molar-refractivity contribution in [2.24, 2.45) is 10.7 Å². The fourth-order valence-electron chi connectivity index (χ4n) is 1.42. The Bertz CT molecular complexity index is 607. The number of benzene rings is 1. The van der Waals surface area contributed by atoms with Crippen molar-refractivity contribution in [1.82, 2.24) is 10.2 Å². The highest BCUT2D eigenvalue weighted by molar-refractivity contribution is 14.1. The number of guanidine groups is 1. The van der Waals surface area contributed by atoms with E-state index in [1.165, 1.54) is 11.3 Å². The summed E-state index contributed by atoms with van der Waals surface area (Å²) in [5, 5.41) is 12.6. The van der Waals surface area contributed by atoms with E-state index in [4.69, 9.17) is 10.5 Å². The average molecular weight is 440 g/mol. The van der Waals surface area contributed by atoms with E-state index < -0.39 is 0 Å². The van der Waals surface area contributed by atoms with E-state index in [2.05, 4.69) is 43.1 Å². The molecule has 3 N–H and O–H groups in total. The Morgan fingerprint density at radius 2 is 2.19 bits per heavy atom. The minimum atomic E-state index is 0. The lowest BCUT2D eigenvalue weighted by Crippen LogP contribution is -2.23. The predicted octanol–water partition coefficient (Wildman–Crippen LogP) is 2.60. The summed E-state index contributed by atoms with van der Waals surface area (Å²) in [7, 11) is 1.62. The molecule has 0 aliphatic carbocycles. The summed E-state index contributed by atoms with van der Waals surface area (Å²) >= 11 is 3.71. The first-order valence-corrected chi connectivity index (χ1v) is 7.74. The molecule has 0 saturated heterocycles. The van der Waals surface area contributed by atoms with Gasteiger partial charge in [-0.05, 0) is 28.7 Å². The maximum atomic E-state index is 5.75. The van der Waals surface area contributed by atoms with Crippen LogP contribution in [0.25, 0.3) is 10.6 Å². The van der Waals surface area contributed by atoms with Gasteiger partial charge in [-0.1, -0.05) is 29.5 Å². The minimum absolute atomic E-state index is 0. The first kappa shape index (κ1) is 18.1. The molecule has 0 unspecified atom stereocenters. The number of hydrogen-bond donors (Lipinski definition) is 2. The number of halogens is 2. The van der Waals surface area contributed by atoms with Crippen molar-refractivity contribution >= 4 is 57.4 Å². The number of ether oxygens (including phenoxy) is 1. The Labute approximate surface area is 146 Å². The van der Waals surface area contributed by atoms with Crippen molar-refractivity contribution in [3.63, 3.8) is 0 Å². The Morgan fingerprint density at radius 1 is 1.43 bits per heavy atom. The van der Waals surface area contributed by atoms with Crippen molar-refractivity contribution in [3.8, 4) is 10.6 Å². The van der Waals surface area contributed by atoms with Gasteiger partial charge in [0.2, 0.25) is 5.13 Å². The zero-order chi connectivity index (χ0) is 14.4. The minimum Gasteiger partial charge on any atom is -0.383 e. The van der Waals surface area contributed by atoms with Gasteiger partial charge in [-0.15, -0.1) is 22.6 Å². The third-order valence-corrected chi connectivity index (χ3v) is 4.15. The van der Waals surface area contributed by atoms with Crippen molar-refractivity contribution in [1.29, 1.82) is 0 Å². The zero-order valence-electron chi connectivity index (χ0n) is 11.2. The van der Waals surface area contributed by atoms with Gasteiger partial charge in [0.25, 0.3) is 0 Å². The lowest BCUT2D eigenvalue weighted by atomic mass is 10.2. The van der Waals surface area contributed by atoms with E-state index in [-0.39, 0.29) is 12.4 Å². The molecular weight excluding hydrogens is 425 g/mol. The normalized spacial score (nSPS) is 11.0. The van der Waals surface area contributed by atoms with Gasteiger partial charge in [-0.3, -0.25) is 4.99 Å². The number of rotatable bonds is 5. The predicted molar refractivity (Wildman–Crippen MR) is 97.3 cm³/mol. The number of hydrogen-bond acceptors (Lipinski definition) is 5. The molecule has 0 spiro atoms. The summed E-state index contributed by atoms with van der Waals surface area (Å²) in [6, 6.07) is 8.02. The standard InChI is InChI=1S/C12H14IN5OS.ClH/c1-19-7-6-15-11(14)16-12-18-17-10(20-12)8-4-2-3-5-9(8)13;/h2-5H,6-7H2,1H3,(H3,14,15,16,18);1H. The van der Waals surface area contributed by atoms with Crippen LogP contribution in [-0.4, -0.2) is 36.4 Å². The van der Waals surface area contributed by atoms with Gasteiger partial charge in [0.15, 0.2) is 11.0 Å². The van der Waals surface area contributed by atoms with Crippen LogP contribution in [0, 0.1) is 3.57 Å². The Morgan fingerprint density at radius 3 is 2.90 bits per heavy atom. The van der Waals surface area contributed by atoms with Crippen molar-refractivity contribution in [2.45, 2.75) is 0 Å². The molecule has 0 fully saturated rings.